The third-order valence-corrected chi connectivity index (χ3v) is 5.09. The summed E-state index contributed by atoms with van der Waals surface area (Å²) in [5.41, 5.74) is 5.63. The maximum atomic E-state index is 13.4. The SMILES string of the molecule is Cc1cc(S(=O)(=O)N2CCCCC2)cc(N)c1F. The van der Waals surface area contributed by atoms with Crippen LogP contribution in [0.2, 0.25) is 0 Å². The second-order valence-corrected chi connectivity index (χ2v) is 6.55. The maximum absolute atomic E-state index is 13.4. The molecule has 1 aromatic carbocycles. The molecular weight excluding hydrogens is 255 g/mol. The number of anilines is 1. The number of nitrogen functional groups attached to an aromatic ring is 1. The Bertz CT molecular complexity index is 528. The van der Waals surface area contributed by atoms with E-state index in [0.717, 1.165) is 19.3 Å². The summed E-state index contributed by atoms with van der Waals surface area (Å²) in [7, 11) is -3.54. The molecule has 0 atom stereocenters. The van der Waals surface area contributed by atoms with Gasteiger partial charge in [0.15, 0.2) is 0 Å². The largest absolute Gasteiger partial charge is 0.396 e. The van der Waals surface area contributed by atoms with Gasteiger partial charge in [0.2, 0.25) is 10.0 Å². The smallest absolute Gasteiger partial charge is 0.243 e. The van der Waals surface area contributed by atoms with Crippen LogP contribution in [0.25, 0.3) is 0 Å². The Morgan fingerprint density at radius 2 is 1.83 bits per heavy atom. The molecule has 0 spiro atoms. The molecule has 1 aliphatic rings. The number of nitrogens with two attached hydrogens (primary N) is 1. The van der Waals surface area contributed by atoms with Crippen LogP contribution in [0.15, 0.2) is 17.0 Å². The van der Waals surface area contributed by atoms with E-state index in [0.29, 0.717) is 13.1 Å². The average molecular weight is 272 g/mol. The van der Waals surface area contributed by atoms with Crippen LogP contribution < -0.4 is 5.73 Å². The van der Waals surface area contributed by atoms with Gasteiger partial charge in [0, 0.05) is 13.1 Å². The normalized spacial score (nSPS) is 17.9. The zero-order valence-corrected chi connectivity index (χ0v) is 11.1. The van der Waals surface area contributed by atoms with Crippen LogP contribution in [0, 0.1) is 12.7 Å². The summed E-state index contributed by atoms with van der Waals surface area (Å²) in [6.07, 6.45) is 2.79. The molecule has 6 heteroatoms. The van der Waals surface area contributed by atoms with Gasteiger partial charge in [-0.15, -0.1) is 0 Å². The Morgan fingerprint density at radius 3 is 2.39 bits per heavy atom. The lowest BCUT2D eigenvalue weighted by molar-refractivity contribution is 0.346. The molecule has 1 aliphatic heterocycles. The standard InChI is InChI=1S/C12H17FN2O2S/c1-9-7-10(8-11(14)12(9)13)18(16,17)15-5-3-2-4-6-15/h7-8H,2-6,14H2,1H3. The second-order valence-electron chi connectivity index (χ2n) is 4.61. The van der Waals surface area contributed by atoms with Gasteiger partial charge in [0.1, 0.15) is 5.82 Å². The third kappa shape index (κ3) is 2.35. The Labute approximate surface area is 107 Å². The van der Waals surface area contributed by atoms with Crippen molar-refractivity contribution < 1.29 is 12.8 Å². The van der Waals surface area contributed by atoms with Crippen LogP contribution in [-0.2, 0) is 10.0 Å². The van der Waals surface area contributed by atoms with Gasteiger partial charge in [-0.2, -0.15) is 4.31 Å². The summed E-state index contributed by atoms with van der Waals surface area (Å²) >= 11 is 0. The summed E-state index contributed by atoms with van der Waals surface area (Å²) < 4.78 is 39.6. The summed E-state index contributed by atoms with van der Waals surface area (Å²) in [4.78, 5) is 0.0841. The highest BCUT2D eigenvalue weighted by molar-refractivity contribution is 7.89. The van der Waals surface area contributed by atoms with Gasteiger partial charge < -0.3 is 5.73 Å². The molecule has 18 heavy (non-hydrogen) atoms. The van der Waals surface area contributed by atoms with Gasteiger partial charge in [0.05, 0.1) is 10.6 Å². The molecule has 2 rings (SSSR count). The van der Waals surface area contributed by atoms with Gasteiger partial charge in [-0.25, -0.2) is 12.8 Å². The molecule has 0 aromatic heterocycles. The van der Waals surface area contributed by atoms with Gasteiger partial charge >= 0.3 is 0 Å². The minimum absolute atomic E-state index is 0.0841. The van der Waals surface area contributed by atoms with Crippen molar-refractivity contribution in [3.8, 4) is 0 Å². The fourth-order valence-corrected chi connectivity index (χ4v) is 3.80. The highest BCUT2D eigenvalue weighted by Crippen LogP contribution is 2.25. The highest BCUT2D eigenvalue weighted by Gasteiger charge is 2.26. The Hall–Kier alpha value is -1.14. The van der Waals surface area contributed by atoms with E-state index in [9.17, 15) is 12.8 Å². The van der Waals surface area contributed by atoms with Crippen LogP contribution in [0.1, 0.15) is 24.8 Å². The molecule has 1 fully saturated rings. The first-order valence-corrected chi connectivity index (χ1v) is 7.42. The second kappa shape index (κ2) is 4.85. The zero-order chi connectivity index (χ0) is 13.3. The molecule has 2 N–H and O–H groups in total. The zero-order valence-electron chi connectivity index (χ0n) is 10.3. The molecule has 0 aliphatic carbocycles. The molecule has 4 nitrogen and oxygen atoms in total. The summed E-state index contributed by atoms with van der Waals surface area (Å²) in [6, 6.07) is 2.54. The number of sulfonamides is 1. The molecule has 0 amide bonds. The third-order valence-electron chi connectivity index (χ3n) is 3.21. The van der Waals surface area contributed by atoms with E-state index in [1.807, 2.05) is 0 Å². The maximum Gasteiger partial charge on any atom is 0.243 e. The number of nitrogens with zero attached hydrogens (tertiary/aromatic N) is 1. The molecule has 0 saturated carbocycles. The Kier molecular flexibility index (Phi) is 3.59. The van der Waals surface area contributed by atoms with Crippen LogP contribution in [-0.4, -0.2) is 25.8 Å². The van der Waals surface area contributed by atoms with E-state index in [-0.39, 0.29) is 16.1 Å². The number of halogens is 1. The van der Waals surface area contributed by atoms with Crippen molar-refractivity contribution in [3.63, 3.8) is 0 Å². The van der Waals surface area contributed by atoms with Crippen LogP contribution in [0.3, 0.4) is 0 Å². The average Bonchev–Trinajstić information content (AvgIpc) is 2.36. The van der Waals surface area contributed by atoms with E-state index >= 15 is 0 Å². The topological polar surface area (TPSA) is 63.4 Å². The number of piperidine rings is 1. The number of benzene rings is 1. The fourth-order valence-electron chi connectivity index (χ4n) is 2.17. The summed E-state index contributed by atoms with van der Waals surface area (Å²) in [6.45, 7) is 2.57. The first-order valence-electron chi connectivity index (χ1n) is 5.98. The predicted molar refractivity (Wildman–Crippen MR) is 68.2 cm³/mol. The van der Waals surface area contributed by atoms with E-state index in [4.69, 9.17) is 5.73 Å². The van der Waals surface area contributed by atoms with Crippen molar-refractivity contribution in [3.05, 3.63) is 23.5 Å². The van der Waals surface area contributed by atoms with Crippen LogP contribution >= 0.6 is 0 Å². The highest BCUT2D eigenvalue weighted by atomic mass is 32.2. The van der Waals surface area contributed by atoms with Gasteiger partial charge in [-0.05, 0) is 37.5 Å². The quantitative estimate of drug-likeness (QED) is 0.836. The van der Waals surface area contributed by atoms with E-state index in [1.165, 1.54) is 23.4 Å². The number of aryl methyl sites for hydroxylation is 1. The van der Waals surface area contributed by atoms with Crippen molar-refractivity contribution in [1.82, 2.24) is 4.31 Å². The van der Waals surface area contributed by atoms with E-state index in [2.05, 4.69) is 0 Å². The van der Waals surface area contributed by atoms with Gasteiger partial charge in [0.25, 0.3) is 0 Å². The first kappa shape index (κ1) is 13.3. The Balaban J connectivity index is 2.41. The minimum Gasteiger partial charge on any atom is -0.396 e. The molecule has 1 saturated heterocycles. The fraction of sp³-hybridized carbons (Fsp3) is 0.500. The lowest BCUT2D eigenvalue weighted by atomic mass is 10.2. The molecular formula is C12H17FN2O2S. The van der Waals surface area contributed by atoms with Crippen LogP contribution in [0.4, 0.5) is 10.1 Å². The lowest BCUT2D eigenvalue weighted by Gasteiger charge is -2.26. The molecule has 0 unspecified atom stereocenters. The predicted octanol–water partition coefficient (Wildman–Crippen LogP) is 1.89. The van der Waals surface area contributed by atoms with Crippen molar-refractivity contribution in [1.29, 1.82) is 0 Å². The van der Waals surface area contributed by atoms with Gasteiger partial charge in [-0.1, -0.05) is 6.42 Å². The minimum atomic E-state index is -3.54. The number of hydrogen-bond donors (Lipinski definition) is 1. The van der Waals surface area contributed by atoms with Crippen molar-refractivity contribution in [2.45, 2.75) is 31.1 Å². The van der Waals surface area contributed by atoms with Crippen LogP contribution in [0.5, 0.6) is 0 Å². The number of rotatable bonds is 2. The Morgan fingerprint density at radius 1 is 1.22 bits per heavy atom. The number of hydrogen-bond acceptors (Lipinski definition) is 3. The monoisotopic (exact) mass is 272 g/mol. The van der Waals surface area contributed by atoms with Crippen molar-refractivity contribution in [2.75, 3.05) is 18.8 Å². The van der Waals surface area contributed by atoms with E-state index < -0.39 is 15.8 Å². The summed E-state index contributed by atoms with van der Waals surface area (Å²) in [5, 5.41) is 0. The molecule has 1 heterocycles. The first-order chi connectivity index (χ1) is 8.43. The molecule has 0 radical (unpaired) electrons. The van der Waals surface area contributed by atoms with Crippen molar-refractivity contribution >= 4 is 15.7 Å². The lowest BCUT2D eigenvalue weighted by Crippen LogP contribution is -2.35. The molecule has 1 aromatic rings. The van der Waals surface area contributed by atoms with E-state index in [1.54, 1.807) is 0 Å². The molecule has 0 bridgehead atoms. The van der Waals surface area contributed by atoms with Gasteiger partial charge in [-0.3, -0.25) is 0 Å². The summed E-state index contributed by atoms with van der Waals surface area (Å²) in [5.74, 6) is -0.549. The molecule has 100 valence electrons. The van der Waals surface area contributed by atoms with Crippen molar-refractivity contribution in [2.24, 2.45) is 0 Å².